The second-order valence-electron chi connectivity index (χ2n) is 6.87. The van der Waals surface area contributed by atoms with Crippen LogP contribution in [0, 0.1) is 0 Å². The number of nitrogens with one attached hydrogen (secondary N) is 1. The molecule has 27 heavy (non-hydrogen) atoms. The van der Waals surface area contributed by atoms with E-state index in [2.05, 4.69) is 5.32 Å². The quantitative estimate of drug-likeness (QED) is 0.775. The minimum absolute atomic E-state index is 0.314. The Hall–Kier alpha value is -2.51. The summed E-state index contributed by atoms with van der Waals surface area (Å²) in [6.07, 6.45) is 3.00. The third-order valence-corrected chi connectivity index (χ3v) is 4.59. The number of hydrogen-bond acceptors (Lipinski definition) is 6. The van der Waals surface area contributed by atoms with Gasteiger partial charge in [0.2, 0.25) is 0 Å². The number of ether oxygens (including phenoxy) is 2. The fourth-order valence-electron chi connectivity index (χ4n) is 3.15. The fourth-order valence-corrected chi connectivity index (χ4v) is 3.15. The van der Waals surface area contributed by atoms with Crippen LogP contribution in [-0.2, 0) is 6.42 Å². The lowest BCUT2D eigenvalue weighted by Gasteiger charge is -2.18. The third-order valence-electron chi connectivity index (χ3n) is 4.59. The van der Waals surface area contributed by atoms with Crippen molar-refractivity contribution in [2.75, 3.05) is 39.7 Å². The van der Waals surface area contributed by atoms with Gasteiger partial charge in [0.15, 0.2) is 11.5 Å². The molecule has 1 aliphatic carbocycles. The summed E-state index contributed by atoms with van der Waals surface area (Å²) in [7, 11) is 5.51. The van der Waals surface area contributed by atoms with E-state index in [1.54, 1.807) is 25.3 Å². The minimum atomic E-state index is -0.658. The van der Waals surface area contributed by atoms with Crippen LogP contribution in [0.25, 0.3) is 0 Å². The van der Waals surface area contributed by atoms with E-state index in [1.165, 1.54) is 6.26 Å². The third kappa shape index (κ3) is 4.43. The summed E-state index contributed by atoms with van der Waals surface area (Å²) >= 11 is 0. The van der Waals surface area contributed by atoms with E-state index in [9.17, 15) is 9.90 Å². The average Bonchev–Trinajstić information content (AvgIpc) is 3.07. The molecule has 0 spiro atoms. The molecule has 1 atom stereocenters. The van der Waals surface area contributed by atoms with Crippen LogP contribution in [0.1, 0.15) is 40.6 Å². The first-order valence-corrected chi connectivity index (χ1v) is 9.05. The molecule has 1 amide bonds. The van der Waals surface area contributed by atoms with Crippen LogP contribution >= 0.6 is 0 Å². The highest BCUT2D eigenvalue weighted by Gasteiger charge is 2.28. The van der Waals surface area contributed by atoms with Crippen molar-refractivity contribution in [1.82, 2.24) is 4.90 Å². The first-order valence-electron chi connectivity index (χ1n) is 9.05. The number of likely N-dealkylation sites (N-methyl/N-ethyl adjacent to an activating group) is 1. The molecule has 1 aliphatic rings. The summed E-state index contributed by atoms with van der Waals surface area (Å²) in [5, 5.41) is 13.1. The highest BCUT2D eigenvalue weighted by Crippen LogP contribution is 2.35. The van der Waals surface area contributed by atoms with Gasteiger partial charge in [0, 0.05) is 30.3 Å². The van der Waals surface area contributed by atoms with Gasteiger partial charge in [-0.3, -0.25) is 4.79 Å². The Morgan fingerprint density at radius 2 is 2.19 bits per heavy atom. The van der Waals surface area contributed by atoms with E-state index in [4.69, 9.17) is 13.9 Å². The largest absolute Gasteiger partial charge is 0.493 e. The summed E-state index contributed by atoms with van der Waals surface area (Å²) in [5.74, 6) is 1.54. The summed E-state index contributed by atoms with van der Waals surface area (Å²) in [6.45, 7) is 1.26. The van der Waals surface area contributed by atoms with Crippen LogP contribution in [0.3, 0.4) is 0 Å². The number of furan rings is 1. The van der Waals surface area contributed by atoms with Gasteiger partial charge in [-0.05, 0) is 39.1 Å². The molecule has 1 unspecified atom stereocenters. The van der Waals surface area contributed by atoms with Crippen molar-refractivity contribution in [3.63, 3.8) is 0 Å². The van der Waals surface area contributed by atoms with Gasteiger partial charge in [-0.25, -0.2) is 0 Å². The van der Waals surface area contributed by atoms with Crippen molar-refractivity contribution in [1.29, 1.82) is 0 Å². The number of methoxy groups -OCH3 is 1. The van der Waals surface area contributed by atoms with E-state index in [0.717, 1.165) is 19.4 Å². The molecule has 2 aromatic rings. The second kappa shape index (κ2) is 8.45. The Balaban J connectivity index is 1.75. The maximum absolute atomic E-state index is 12.7. The number of fused-ring (bicyclic) bond motifs is 1. The number of amides is 1. The van der Waals surface area contributed by atoms with Gasteiger partial charge in [0.05, 0.1) is 18.8 Å². The Kier molecular flexibility index (Phi) is 6.03. The molecular weight excluding hydrogens is 348 g/mol. The molecule has 7 nitrogen and oxygen atoms in total. The number of hydrogen-bond donors (Lipinski definition) is 2. The van der Waals surface area contributed by atoms with Gasteiger partial charge in [-0.2, -0.15) is 0 Å². The zero-order valence-corrected chi connectivity index (χ0v) is 15.9. The zero-order valence-electron chi connectivity index (χ0n) is 15.9. The molecule has 1 aromatic carbocycles. The monoisotopic (exact) mass is 374 g/mol. The number of carbonyl (C=O) groups excluding carboxylic acids is 1. The van der Waals surface area contributed by atoms with E-state index >= 15 is 0 Å². The van der Waals surface area contributed by atoms with E-state index < -0.39 is 6.10 Å². The van der Waals surface area contributed by atoms with Crippen LogP contribution in [0.4, 0.5) is 5.69 Å². The van der Waals surface area contributed by atoms with Crippen LogP contribution in [-0.4, -0.2) is 50.3 Å². The number of carbonyl (C=O) groups is 1. The Morgan fingerprint density at radius 3 is 2.93 bits per heavy atom. The average molecular weight is 374 g/mol. The van der Waals surface area contributed by atoms with Crippen molar-refractivity contribution in [2.45, 2.75) is 25.4 Å². The second-order valence-corrected chi connectivity index (χ2v) is 6.87. The summed E-state index contributed by atoms with van der Waals surface area (Å²) < 4.78 is 16.6. The molecule has 0 fully saturated rings. The molecule has 0 saturated heterocycles. The van der Waals surface area contributed by atoms with Gasteiger partial charge >= 0.3 is 0 Å². The van der Waals surface area contributed by atoms with Gasteiger partial charge < -0.3 is 29.2 Å². The summed E-state index contributed by atoms with van der Waals surface area (Å²) in [5.41, 5.74) is 1.57. The smallest absolute Gasteiger partial charge is 0.259 e. The maximum Gasteiger partial charge on any atom is 0.259 e. The molecule has 146 valence electrons. The van der Waals surface area contributed by atoms with E-state index in [0.29, 0.717) is 47.1 Å². The predicted octanol–water partition coefficient (Wildman–Crippen LogP) is 2.85. The molecule has 1 heterocycles. The number of nitrogens with zero attached hydrogens (tertiary/aromatic N) is 1. The lowest BCUT2D eigenvalue weighted by molar-refractivity contribution is 0.101. The molecule has 0 saturated carbocycles. The molecule has 0 radical (unpaired) electrons. The first kappa shape index (κ1) is 19.3. The number of rotatable bonds is 7. The highest BCUT2D eigenvalue weighted by molar-refractivity contribution is 6.05. The normalized spacial score (nSPS) is 16.1. The summed E-state index contributed by atoms with van der Waals surface area (Å²) in [6, 6.07) is 5.23. The van der Waals surface area contributed by atoms with Crippen LogP contribution in [0.5, 0.6) is 11.5 Å². The van der Waals surface area contributed by atoms with E-state index in [-0.39, 0.29) is 5.91 Å². The van der Waals surface area contributed by atoms with Crippen LogP contribution in [0.15, 0.2) is 28.9 Å². The van der Waals surface area contributed by atoms with Crippen LogP contribution < -0.4 is 14.8 Å². The molecular formula is C20H26N2O5. The SMILES string of the molecule is COc1ccc(NC(=O)c2coc3c2C(O)CCC3)cc1OCCN(C)C. The fraction of sp³-hybridized carbons (Fsp3) is 0.450. The number of aliphatic hydroxyl groups is 1. The lowest BCUT2D eigenvalue weighted by atomic mass is 9.92. The Labute approximate surface area is 158 Å². The van der Waals surface area contributed by atoms with Gasteiger partial charge in [0.25, 0.3) is 5.91 Å². The standard InChI is InChI=1S/C20H26N2O5/c1-22(2)9-10-26-18-11-13(7-8-16(18)25-3)21-20(24)14-12-27-17-6-4-5-15(23)19(14)17/h7-8,11-12,15,23H,4-6,9-10H2,1-3H3,(H,21,24). The van der Waals surface area contributed by atoms with Gasteiger partial charge in [-0.1, -0.05) is 0 Å². The number of aliphatic hydroxyl groups excluding tert-OH is 1. The molecule has 0 aliphatic heterocycles. The van der Waals surface area contributed by atoms with Crippen molar-refractivity contribution in [2.24, 2.45) is 0 Å². The van der Waals surface area contributed by atoms with Gasteiger partial charge in [0.1, 0.15) is 18.6 Å². The minimum Gasteiger partial charge on any atom is -0.493 e. The molecule has 0 bridgehead atoms. The maximum atomic E-state index is 12.7. The van der Waals surface area contributed by atoms with Crippen molar-refractivity contribution < 1.29 is 23.8 Å². The number of benzene rings is 1. The summed E-state index contributed by atoms with van der Waals surface area (Å²) in [4.78, 5) is 14.7. The van der Waals surface area contributed by atoms with Crippen LogP contribution in [0.2, 0.25) is 0 Å². The highest BCUT2D eigenvalue weighted by atomic mass is 16.5. The Bertz CT molecular complexity index is 800. The molecule has 1 aromatic heterocycles. The molecule has 3 rings (SSSR count). The molecule has 7 heteroatoms. The number of aryl methyl sites for hydroxylation is 1. The van der Waals surface area contributed by atoms with Crippen molar-refractivity contribution in [3.05, 3.63) is 41.3 Å². The Morgan fingerprint density at radius 1 is 1.37 bits per heavy atom. The van der Waals surface area contributed by atoms with Crippen molar-refractivity contribution >= 4 is 11.6 Å². The van der Waals surface area contributed by atoms with E-state index in [1.807, 2.05) is 19.0 Å². The lowest BCUT2D eigenvalue weighted by Crippen LogP contribution is -2.19. The van der Waals surface area contributed by atoms with Gasteiger partial charge in [-0.15, -0.1) is 0 Å². The first-order chi connectivity index (χ1) is 13.0. The molecule has 2 N–H and O–H groups in total. The predicted molar refractivity (Wildman–Crippen MR) is 102 cm³/mol. The van der Waals surface area contributed by atoms with Crippen molar-refractivity contribution in [3.8, 4) is 11.5 Å². The number of anilines is 1. The topological polar surface area (TPSA) is 84.2 Å². The zero-order chi connectivity index (χ0) is 19.4.